The minimum Gasteiger partial charge on any atom is -0.374 e. The fourth-order valence-electron chi connectivity index (χ4n) is 3.24. The molecule has 0 amide bonds. The van der Waals surface area contributed by atoms with Gasteiger partial charge < -0.3 is 10.2 Å². The van der Waals surface area contributed by atoms with Gasteiger partial charge in [-0.25, -0.2) is 0 Å². The second-order valence-electron chi connectivity index (χ2n) is 6.66. The number of halogens is 1. The van der Waals surface area contributed by atoms with Crippen LogP contribution in [0.5, 0.6) is 0 Å². The molecule has 0 bridgehead atoms. The fourth-order valence-corrected chi connectivity index (χ4v) is 3.48. The Hall–Kier alpha value is -0.730. The van der Waals surface area contributed by atoms with Crippen molar-refractivity contribution in [2.75, 3.05) is 18.5 Å². The highest BCUT2D eigenvalue weighted by molar-refractivity contribution is 6.31. The number of benzene rings is 1. The van der Waals surface area contributed by atoms with Gasteiger partial charge >= 0.3 is 0 Å². The maximum atomic E-state index is 6.43. The fraction of sp³-hybridized carbons (Fsp3) is 0.667. The van der Waals surface area contributed by atoms with Crippen molar-refractivity contribution in [3.8, 4) is 0 Å². The van der Waals surface area contributed by atoms with Gasteiger partial charge in [-0.1, -0.05) is 50.8 Å². The molecule has 1 N–H and O–H groups in total. The highest BCUT2D eigenvalue weighted by Crippen LogP contribution is 2.30. The predicted octanol–water partition coefficient (Wildman–Crippen LogP) is 4.85. The van der Waals surface area contributed by atoms with Crippen LogP contribution < -0.4 is 10.2 Å². The van der Waals surface area contributed by atoms with E-state index in [2.05, 4.69) is 43.2 Å². The van der Waals surface area contributed by atoms with Crippen molar-refractivity contribution in [1.29, 1.82) is 0 Å². The molecule has 0 atom stereocenters. The van der Waals surface area contributed by atoms with Gasteiger partial charge in [0, 0.05) is 42.5 Å². The molecule has 3 heteroatoms. The molecule has 1 fully saturated rings. The molecule has 0 heterocycles. The van der Waals surface area contributed by atoms with Crippen molar-refractivity contribution in [3.63, 3.8) is 0 Å². The number of nitrogens with one attached hydrogen (secondary N) is 1. The number of anilines is 1. The molecule has 1 aromatic rings. The standard InChI is InChI=1S/C18H29ClN2/c1-14(2)20-12-16-17(19)10-7-11-18(16)21(3)13-15-8-5-4-6-9-15/h7,10-11,14-15,20H,4-6,8-9,12-13H2,1-3H3. The van der Waals surface area contributed by atoms with Crippen LogP contribution in [0.2, 0.25) is 5.02 Å². The van der Waals surface area contributed by atoms with E-state index >= 15 is 0 Å². The summed E-state index contributed by atoms with van der Waals surface area (Å²) in [5.74, 6) is 0.841. The Bertz CT molecular complexity index is 439. The van der Waals surface area contributed by atoms with Crippen LogP contribution >= 0.6 is 11.6 Å². The van der Waals surface area contributed by atoms with Gasteiger partial charge in [0.05, 0.1) is 0 Å². The van der Waals surface area contributed by atoms with E-state index in [4.69, 9.17) is 11.6 Å². The lowest BCUT2D eigenvalue weighted by molar-refractivity contribution is 0.362. The Balaban J connectivity index is 2.07. The summed E-state index contributed by atoms with van der Waals surface area (Å²) in [6, 6.07) is 6.73. The summed E-state index contributed by atoms with van der Waals surface area (Å²) in [6.07, 6.45) is 6.97. The van der Waals surface area contributed by atoms with Crippen molar-refractivity contribution in [1.82, 2.24) is 5.32 Å². The lowest BCUT2D eigenvalue weighted by atomic mass is 9.89. The van der Waals surface area contributed by atoms with E-state index in [0.29, 0.717) is 6.04 Å². The number of rotatable bonds is 6. The summed E-state index contributed by atoms with van der Waals surface area (Å²) >= 11 is 6.43. The van der Waals surface area contributed by atoms with E-state index in [9.17, 15) is 0 Å². The SMILES string of the molecule is CC(C)NCc1c(Cl)cccc1N(C)CC1CCCCC1. The lowest BCUT2D eigenvalue weighted by Crippen LogP contribution is -2.29. The van der Waals surface area contributed by atoms with Gasteiger partial charge in [-0.2, -0.15) is 0 Å². The summed E-state index contributed by atoms with van der Waals surface area (Å²) in [4.78, 5) is 2.40. The zero-order chi connectivity index (χ0) is 15.2. The zero-order valence-corrected chi connectivity index (χ0v) is 14.4. The van der Waals surface area contributed by atoms with E-state index < -0.39 is 0 Å². The molecule has 0 radical (unpaired) electrons. The molecule has 118 valence electrons. The molecule has 0 saturated heterocycles. The highest BCUT2D eigenvalue weighted by atomic mass is 35.5. The third-order valence-corrected chi connectivity index (χ3v) is 4.80. The van der Waals surface area contributed by atoms with Crippen LogP contribution in [0.15, 0.2) is 18.2 Å². The summed E-state index contributed by atoms with van der Waals surface area (Å²) in [5.41, 5.74) is 2.51. The maximum absolute atomic E-state index is 6.43. The van der Waals surface area contributed by atoms with Crippen LogP contribution in [0.4, 0.5) is 5.69 Å². The minimum absolute atomic E-state index is 0.470. The highest BCUT2D eigenvalue weighted by Gasteiger charge is 2.18. The molecule has 0 aromatic heterocycles. The van der Waals surface area contributed by atoms with Gasteiger partial charge in [-0.15, -0.1) is 0 Å². The van der Waals surface area contributed by atoms with Crippen molar-refractivity contribution in [2.45, 2.75) is 58.5 Å². The van der Waals surface area contributed by atoms with Crippen LogP contribution in [-0.2, 0) is 6.54 Å². The Kier molecular flexibility index (Phi) is 6.38. The minimum atomic E-state index is 0.470. The Morgan fingerprint density at radius 3 is 2.62 bits per heavy atom. The van der Waals surface area contributed by atoms with Crippen LogP contribution in [0, 0.1) is 5.92 Å². The molecule has 0 spiro atoms. The molecule has 1 aliphatic rings. The quantitative estimate of drug-likeness (QED) is 0.807. The molecule has 0 unspecified atom stereocenters. The Morgan fingerprint density at radius 2 is 1.95 bits per heavy atom. The van der Waals surface area contributed by atoms with Gasteiger partial charge in [-0.05, 0) is 30.9 Å². The summed E-state index contributed by atoms with van der Waals surface area (Å²) < 4.78 is 0. The van der Waals surface area contributed by atoms with Gasteiger partial charge in [0.2, 0.25) is 0 Å². The lowest BCUT2D eigenvalue weighted by Gasteiger charge is -2.30. The molecule has 21 heavy (non-hydrogen) atoms. The molecule has 2 rings (SSSR count). The summed E-state index contributed by atoms with van der Waals surface area (Å²) in [5, 5.41) is 4.36. The molecule has 1 aromatic carbocycles. The maximum Gasteiger partial charge on any atom is 0.0471 e. The first-order valence-electron chi connectivity index (χ1n) is 8.30. The average Bonchev–Trinajstić information content (AvgIpc) is 2.46. The third-order valence-electron chi connectivity index (χ3n) is 4.45. The first-order valence-corrected chi connectivity index (χ1v) is 8.67. The predicted molar refractivity (Wildman–Crippen MR) is 93.3 cm³/mol. The normalized spacial score (nSPS) is 16.4. The number of hydrogen-bond donors (Lipinski definition) is 1. The van der Waals surface area contributed by atoms with Crippen molar-refractivity contribution in [2.24, 2.45) is 5.92 Å². The van der Waals surface area contributed by atoms with Crippen molar-refractivity contribution in [3.05, 3.63) is 28.8 Å². The number of nitrogens with zero attached hydrogens (tertiary/aromatic N) is 1. The molecular formula is C18H29ClN2. The molecule has 1 aliphatic carbocycles. The van der Waals surface area contributed by atoms with Gasteiger partial charge in [0.1, 0.15) is 0 Å². The first kappa shape index (κ1) is 16.6. The summed E-state index contributed by atoms with van der Waals surface area (Å²) in [7, 11) is 2.21. The van der Waals surface area contributed by atoms with Gasteiger partial charge in [0.25, 0.3) is 0 Å². The Morgan fingerprint density at radius 1 is 1.24 bits per heavy atom. The smallest absolute Gasteiger partial charge is 0.0471 e. The van der Waals surface area contributed by atoms with Gasteiger partial charge in [-0.3, -0.25) is 0 Å². The molecule has 2 nitrogen and oxygen atoms in total. The topological polar surface area (TPSA) is 15.3 Å². The summed E-state index contributed by atoms with van der Waals surface area (Å²) in [6.45, 7) is 6.32. The Labute approximate surface area is 134 Å². The van der Waals surface area contributed by atoms with Crippen molar-refractivity contribution >= 4 is 17.3 Å². The first-order chi connectivity index (χ1) is 10.1. The second-order valence-corrected chi connectivity index (χ2v) is 7.06. The van der Waals surface area contributed by atoms with E-state index in [-0.39, 0.29) is 0 Å². The third kappa shape index (κ3) is 4.89. The molecule has 1 saturated carbocycles. The monoisotopic (exact) mass is 308 g/mol. The van der Waals surface area contributed by atoms with E-state index in [0.717, 1.165) is 24.0 Å². The molecular weight excluding hydrogens is 280 g/mol. The van der Waals surface area contributed by atoms with E-state index in [1.165, 1.54) is 43.4 Å². The largest absolute Gasteiger partial charge is 0.374 e. The van der Waals surface area contributed by atoms with Crippen LogP contribution in [0.1, 0.15) is 51.5 Å². The van der Waals surface area contributed by atoms with Gasteiger partial charge in [0.15, 0.2) is 0 Å². The van der Waals surface area contributed by atoms with Crippen LogP contribution in [-0.4, -0.2) is 19.6 Å². The van der Waals surface area contributed by atoms with E-state index in [1.807, 2.05) is 6.07 Å². The van der Waals surface area contributed by atoms with Crippen LogP contribution in [0.3, 0.4) is 0 Å². The van der Waals surface area contributed by atoms with E-state index in [1.54, 1.807) is 0 Å². The van der Waals surface area contributed by atoms with Crippen LogP contribution in [0.25, 0.3) is 0 Å². The average molecular weight is 309 g/mol. The van der Waals surface area contributed by atoms with Crippen molar-refractivity contribution < 1.29 is 0 Å². The molecule has 0 aliphatic heterocycles. The zero-order valence-electron chi connectivity index (χ0n) is 13.7. The second kappa shape index (κ2) is 8.05. The number of hydrogen-bond acceptors (Lipinski definition) is 2.